The Balaban J connectivity index is 1.45. The zero-order valence-corrected chi connectivity index (χ0v) is 18.7. The number of para-hydroxylation sites is 1. The number of anilines is 3. The van der Waals surface area contributed by atoms with Gasteiger partial charge in [0.25, 0.3) is 0 Å². The number of morpholine rings is 1. The van der Waals surface area contributed by atoms with Crippen LogP contribution in [0.2, 0.25) is 0 Å². The Kier molecular flexibility index (Phi) is 7.52. The van der Waals surface area contributed by atoms with Crippen molar-refractivity contribution in [2.75, 3.05) is 42.3 Å². The van der Waals surface area contributed by atoms with E-state index in [-0.39, 0.29) is 17.7 Å². The van der Waals surface area contributed by atoms with E-state index >= 15 is 0 Å². The van der Waals surface area contributed by atoms with Gasteiger partial charge in [0, 0.05) is 18.8 Å². The van der Waals surface area contributed by atoms with Crippen molar-refractivity contribution in [1.82, 2.24) is 20.3 Å². The molecule has 0 aliphatic carbocycles. The summed E-state index contributed by atoms with van der Waals surface area (Å²) in [6.07, 6.45) is 0. The molecule has 32 heavy (non-hydrogen) atoms. The average Bonchev–Trinajstić information content (AvgIpc) is 2.84. The van der Waals surface area contributed by atoms with E-state index in [9.17, 15) is 4.79 Å². The monoisotopic (exact) mass is 450 g/mol. The lowest BCUT2D eigenvalue weighted by Gasteiger charge is -2.27. The maximum absolute atomic E-state index is 12.5. The van der Waals surface area contributed by atoms with Crippen LogP contribution in [0.4, 0.5) is 17.6 Å². The number of carbonyl (C=O) groups excluding carboxylic acids is 1. The number of thioether (sulfide) groups is 1. The molecule has 0 unspecified atom stereocenters. The molecule has 1 saturated heterocycles. The number of amides is 1. The summed E-state index contributed by atoms with van der Waals surface area (Å²) < 4.78 is 5.44. The summed E-state index contributed by atoms with van der Waals surface area (Å²) in [5, 5.41) is 6.76. The van der Waals surface area contributed by atoms with Crippen LogP contribution in [0.25, 0.3) is 0 Å². The van der Waals surface area contributed by atoms with Gasteiger partial charge >= 0.3 is 0 Å². The minimum Gasteiger partial charge on any atom is -0.378 e. The van der Waals surface area contributed by atoms with Gasteiger partial charge in [0.05, 0.1) is 25.0 Å². The van der Waals surface area contributed by atoms with Crippen LogP contribution in [0.1, 0.15) is 18.5 Å². The first kappa shape index (κ1) is 22.0. The summed E-state index contributed by atoms with van der Waals surface area (Å²) in [5.74, 6) is 1.18. The molecule has 1 aliphatic rings. The Morgan fingerprint density at radius 2 is 1.72 bits per heavy atom. The van der Waals surface area contributed by atoms with Crippen molar-refractivity contribution in [2.45, 2.75) is 18.1 Å². The van der Waals surface area contributed by atoms with Gasteiger partial charge in [-0.1, -0.05) is 60.3 Å². The molecule has 1 aliphatic heterocycles. The number of benzene rings is 2. The van der Waals surface area contributed by atoms with Gasteiger partial charge < -0.3 is 20.3 Å². The summed E-state index contributed by atoms with van der Waals surface area (Å²) in [7, 11) is 0. The molecule has 1 atom stereocenters. The minimum absolute atomic E-state index is 0.0677. The van der Waals surface area contributed by atoms with Crippen LogP contribution in [-0.2, 0) is 9.53 Å². The Hall–Kier alpha value is -3.17. The molecular formula is C23H26N6O2S. The minimum atomic E-state index is -0.0720. The summed E-state index contributed by atoms with van der Waals surface area (Å²) in [6.45, 7) is 4.67. The summed E-state index contributed by atoms with van der Waals surface area (Å²) in [5.41, 5.74) is 1.95. The summed E-state index contributed by atoms with van der Waals surface area (Å²) >= 11 is 1.30. The zero-order valence-electron chi connectivity index (χ0n) is 17.9. The predicted molar refractivity (Wildman–Crippen MR) is 126 cm³/mol. The molecule has 2 aromatic carbocycles. The smallest absolute Gasteiger partial charge is 0.233 e. The molecule has 0 radical (unpaired) electrons. The van der Waals surface area contributed by atoms with Gasteiger partial charge in [0.1, 0.15) is 0 Å². The van der Waals surface area contributed by atoms with E-state index in [0.717, 1.165) is 11.3 Å². The standard InChI is InChI=1S/C23H26N6O2S/c1-17(18-8-4-2-5-9-18)24-20(30)16-32-23-27-21(25-19-10-6-3-7-11-19)26-22(28-23)29-12-14-31-15-13-29/h2-11,17H,12-16H2,1H3,(H,24,30)(H,25,26,27,28)/t17-/m1/s1. The molecule has 0 bridgehead atoms. The first-order valence-corrected chi connectivity index (χ1v) is 11.5. The van der Waals surface area contributed by atoms with Gasteiger partial charge in [0.2, 0.25) is 17.8 Å². The average molecular weight is 451 g/mol. The number of carbonyl (C=O) groups is 1. The molecule has 1 amide bonds. The van der Waals surface area contributed by atoms with E-state index in [1.807, 2.05) is 67.6 Å². The second-order valence-corrected chi connectivity index (χ2v) is 8.26. The number of hydrogen-bond donors (Lipinski definition) is 2. The van der Waals surface area contributed by atoms with Crippen molar-refractivity contribution >= 4 is 35.3 Å². The van der Waals surface area contributed by atoms with Crippen molar-refractivity contribution in [1.29, 1.82) is 0 Å². The van der Waals surface area contributed by atoms with Crippen LogP contribution in [0.5, 0.6) is 0 Å². The molecule has 4 rings (SSSR count). The number of ether oxygens (including phenoxy) is 1. The molecule has 166 valence electrons. The molecule has 8 nitrogen and oxygen atoms in total. The third-order valence-corrected chi connectivity index (χ3v) is 5.78. The van der Waals surface area contributed by atoms with Crippen molar-refractivity contribution in [3.8, 4) is 0 Å². The molecule has 0 spiro atoms. The lowest BCUT2D eigenvalue weighted by atomic mass is 10.1. The van der Waals surface area contributed by atoms with Gasteiger partial charge in [-0.05, 0) is 24.6 Å². The third-order valence-electron chi connectivity index (χ3n) is 4.94. The number of nitrogens with one attached hydrogen (secondary N) is 2. The largest absolute Gasteiger partial charge is 0.378 e. The van der Waals surface area contributed by atoms with Crippen molar-refractivity contribution in [2.24, 2.45) is 0 Å². The van der Waals surface area contributed by atoms with E-state index in [4.69, 9.17) is 4.74 Å². The molecule has 9 heteroatoms. The fourth-order valence-electron chi connectivity index (χ4n) is 3.26. The summed E-state index contributed by atoms with van der Waals surface area (Å²) in [4.78, 5) is 28.3. The second kappa shape index (κ2) is 10.9. The van der Waals surface area contributed by atoms with E-state index < -0.39 is 0 Å². The fraction of sp³-hybridized carbons (Fsp3) is 0.304. The Morgan fingerprint density at radius 3 is 2.44 bits per heavy atom. The predicted octanol–water partition coefficient (Wildman–Crippen LogP) is 3.42. The van der Waals surface area contributed by atoms with Crippen molar-refractivity contribution in [3.63, 3.8) is 0 Å². The normalized spacial score (nSPS) is 14.6. The molecule has 1 fully saturated rings. The van der Waals surface area contributed by atoms with Gasteiger partial charge in [0.15, 0.2) is 5.16 Å². The maximum Gasteiger partial charge on any atom is 0.233 e. The Labute approximate surface area is 191 Å². The first-order valence-electron chi connectivity index (χ1n) is 10.6. The lowest BCUT2D eigenvalue weighted by molar-refractivity contribution is -0.119. The topological polar surface area (TPSA) is 92.3 Å². The molecule has 2 heterocycles. The van der Waals surface area contributed by atoms with Gasteiger partial charge in [-0.25, -0.2) is 0 Å². The number of nitrogens with zero attached hydrogens (tertiary/aromatic N) is 4. The van der Waals surface area contributed by atoms with Crippen LogP contribution in [-0.4, -0.2) is 52.9 Å². The highest BCUT2D eigenvalue weighted by Gasteiger charge is 2.18. The molecule has 0 saturated carbocycles. The van der Waals surface area contributed by atoms with Crippen LogP contribution in [0.3, 0.4) is 0 Å². The third kappa shape index (κ3) is 6.18. The van der Waals surface area contributed by atoms with E-state index in [0.29, 0.717) is 43.4 Å². The van der Waals surface area contributed by atoms with Crippen LogP contribution < -0.4 is 15.5 Å². The molecule has 3 aromatic rings. The first-order chi connectivity index (χ1) is 15.7. The van der Waals surface area contributed by atoms with Gasteiger partial charge in [-0.2, -0.15) is 15.0 Å². The molecule has 1 aromatic heterocycles. The number of hydrogen-bond acceptors (Lipinski definition) is 8. The Morgan fingerprint density at radius 1 is 1.03 bits per heavy atom. The Bertz CT molecular complexity index is 1020. The van der Waals surface area contributed by atoms with Gasteiger partial charge in [-0.15, -0.1) is 0 Å². The fourth-order valence-corrected chi connectivity index (χ4v) is 3.90. The highest BCUT2D eigenvalue weighted by molar-refractivity contribution is 7.99. The van der Waals surface area contributed by atoms with Crippen molar-refractivity contribution in [3.05, 3.63) is 66.2 Å². The molecular weight excluding hydrogens is 424 g/mol. The van der Waals surface area contributed by atoms with Crippen LogP contribution >= 0.6 is 11.8 Å². The number of rotatable bonds is 8. The van der Waals surface area contributed by atoms with Crippen molar-refractivity contribution < 1.29 is 9.53 Å². The van der Waals surface area contributed by atoms with E-state index in [2.05, 4.69) is 30.5 Å². The number of aromatic nitrogens is 3. The quantitative estimate of drug-likeness (QED) is 0.505. The van der Waals surface area contributed by atoms with Gasteiger partial charge in [-0.3, -0.25) is 4.79 Å². The highest BCUT2D eigenvalue weighted by Crippen LogP contribution is 2.22. The highest BCUT2D eigenvalue weighted by atomic mass is 32.2. The van der Waals surface area contributed by atoms with E-state index in [1.165, 1.54) is 11.8 Å². The zero-order chi connectivity index (χ0) is 22.2. The second-order valence-electron chi connectivity index (χ2n) is 7.32. The van der Waals surface area contributed by atoms with E-state index in [1.54, 1.807) is 0 Å². The maximum atomic E-state index is 12.5. The summed E-state index contributed by atoms with van der Waals surface area (Å²) in [6, 6.07) is 19.6. The van der Waals surface area contributed by atoms with Crippen LogP contribution in [0.15, 0.2) is 65.8 Å². The lowest BCUT2D eigenvalue weighted by Crippen LogP contribution is -2.37. The van der Waals surface area contributed by atoms with Crippen LogP contribution in [0, 0.1) is 0 Å². The SMILES string of the molecule is C[C@@H](NC(=O)CSc1nc(Nc2ccccc2)nc(N2CCOCC2)n1)c1ccccc1. The molecule has 2 N–H and O–H groups in total.